The van der Waals surface area contributed by atoms with Crippen LogP contribution in [0.1, 0.15) is 23.0 Å². The number of fused-ring (bicyclic) bond motifs is 1. The van der Waals surface area contributed by atoms with Gasteiger partial charge in [0, 0.05) is 28.6 Å². The zero-order valence-corrected chi connectivity index (χ0v) is 19.0. The predicted octanol–water partition coefficient (Wildman–Crippen LogP) is 6.76. The van der Waals surface area contributed by atoms with Crippen molar-refractivity contribution in [1.29, 1.82) is 0 Å². The second-order valence-corrected chi connectivity index (χ2v) is 9.13. The van der Waals surface area contributed by atoms with Crippen molar-refractivity contribution in [1.82, 2.24) is 15.0 Å². The quantitative estimate of drug-likeness (QED) is 0.293. The van der Waals surface area contributed by atoms with Gasteiger partial charge in [-0.15, -0.1) is 11.3 Å². The van der Waals surface area contributed by atoms with Gasteiger partial charge in [-0.25, -0.2) is 15.0 Å². The summed E-state index contributed by atoms with van der Waals surface area (Å²) in [5, 5.41) is 10.5. The van der Waals surface area contributed by atoms with Crippen molar-refractivity contribution in [3.63, 3.8) is 0 Å². The van der Waals surface area contributed by atoms with Crippen molar-refractivity contribution < 1.29 is 0 Å². The molecule has 4 heterocycles. The van der Waals surface area contributed by atoms with Gasteiger partial charge < -0.3 is 0 Å². The number of anilines is 1. The first-order chi connectivity index (χ1) is 16.3. The molecule has 7 heteroatoms. The standard InChI is InChI=1S/C26H18ClN5S/c27-18-11-12-20-19(15-18)25(17-7-2-1-3-8-17)30-26(29-20)32-23(21-9-4-5-13-28-21)16-22(31-32)24-10-6-14-33-24/h1-15,23H,16H2. The highest BCUT2D eigenvalue weighted by molar-refractivity contribution is 7.12. The largest absolute Gasteiger partial charge is 0.259 e. The fourth-order valence-corrected chi connectivity index (χ4v) is 4.99. The molecule has 0 aliphatic carbocycles. The van der Waals surface area contributed by atoms with Crippen molar-refractivity contribution in [3.05, 3.63) is 106 Å². The van der Waals surface area contributed by atoms with Crippen LogP contribution in [0.2, 0.25) is 5.02 Å². The fraction of sp³-hybridized carbons (Fsp3) is 0.0769. The number of rotatable bonds is 4. The Kier molecular flexibility index (Phi) is 5.09. The number of thiophene rings is 1. The van der Waals surface area contributed by atoms with Crippen molar-refractivity contribution in [3.8, 4) is 11.3 Å². The monoisotopic (exact) mass is 467 g/mol. The summed E-state index contributed by atoms with van der Waals surface area (Å²) in [7, 11) is 0. The van der Waals surface area contributed by atoms with Gasteiger partial charge in [-0.2, -0.15) is 5.10 Å². The van der Waals surface area contributed by atoms with E-state index in [4.69, 9.17) is 26.7 Å². The van der Waals surface area contributed by atoms with Crippen LogP contribution in [0.3, 0.4) is 0 Å². The molecular formula is C26H18ClN5S. The Labute approximate surface area is 200 Å². The molecular weight excluding hydrogens is 450 g/mol. The maximum absolute atomic E-state index is 6.33. The Balaban J connectivity index is 1.55. The molecule has 0 fully saturated rings. The molecule has 1 atom stereocenters. The average Bonchev–Trinajstić information content (AvgIpc) is 3.55. The maximum Gasteiger partial charge on any atom is 0.248 e. The van der Waals surface area contributed by atoms with E-state index in [-0.39, 0.29) is 6.04 Å². The van der Waals surface area contributed by atoms with Crippen molar-refractivity contribution in [2.75, 3.05) is 5.01 Å². The average molecular weight is 468 g/mol. The minimum absolute atomic E-state index is 0.0864. The van der Waals surface area contributed by atoms with Gasteiger partial charge in [-0.3, -0.25) is 4.98 Å². The summed E-state index contributed by atoms with van der Waals surface area (Å²) in [6.45, 7) is 0. The molecule has 5 nitrogen and oxygen atoms in total. The van der Waals surface area contributed by atoms with Crippen molar-refractivity contribution in [2.24, 2.45) is 5.10 Å². The van der Waals surface area contributed by atoms with Gasteiger partial charge in [0.15, 0.2) is 0 Å². The summed E-state index contributed by atoms with van der Waals surface area (Å²) in [5.41, 5.74) is 4.61. The lowest BCUT2D eigenvalue weighted by Gasteiger charge is -2.22. The Morgan fingerprint density at radius 1 is 0.909 bits per heavy atom. The first-order valence-corrected chi connectivity index (χ1v) is 11.9. The number of nitrogens with zero attached hydrogens (tertiary/aromatic N) is 5. The van der Waals surface area contributed by atoms with Crippen LogP contribution in [-0.2, 0) is 0 Å². The van der Waals surface area contributed by atoms with Crippen LogP contribution >= 0.6 is 22.9 Å². The Hall–Kier alpha value is -3.61. The van der Waals surface area contributed by atoms with E-state index in [0.29, 0.717) is 11.0 Å². The second kappa shape index (κ2) is 8.39. The summed E-state index contributed by atoms with van der Waals surface area (Å²) < 4.78 is 0. The Bertz CT molecular complexity index is 1450. The molecule has 0 N–H and O–H groups in total. The summed E-state index contributed by atoms with van der Waals surface area (Å²) in [5.74, 6) is 0.547. The van der Waals surface area contributed by atoms with Crippen LogP contribution in [0.4, 0.5) is 5.95 Å². The first-order valence-electron chi connectivity index (χ1n) is 10.6. The SMILES string of the molecule is Clc1ccc2nc(N3N=C(c4cccs4)CC3c3ccccn3)nc(-c3ccccc3)c2c1. The third-order valence-corrected chi connectivity index (χ3v) is 6.80. The van der Waals surface area contributed by atoms with E-state index in [1.165, 1.54) is 0 Å². The van der Waals surface area contributed by atoms with Crippen LogP contribution in [0, 0.1) is 0 Å². The van der Waals surface area contributed by atoms with Crippen LogP contribution in [-0.4, -0.2) is 20.7 Å². The van der Waals surface area contributed by atoms with Crippen molar-refractivity contribution in [2.45, 2.75) is 12.5 Å². The summed E-state index contributed by atoms with van der Waals surface area (Å²) in [6, 6.07) is 25.8. The Morgan fingerprint density at radius 3 is 2.58 bits per heavy atom. The maximum atomic E-state index is 6.33. The van der Waals surface area contributed by atoms with E-state index >= 15 is 0 Å². The Morgan fingerprint density at radius 2 is 1.79 bits per heavy atom. The molecule has 0 spiro atoms. The number of aromatic nitrogens is 3. The molecule has 2 aromatic carbocycles. The molecule has 0 bridgehead atoms. The zero-order valence-electron chi connectivity index (χ0n) is 17.5. The molecule has 1 aliphatic rings. The van der Waals surface area contributed by atoms with E-state index in [0.717, 1.165) is 44.9 Å². The smallest absolute Gasteiger partial charge is 0.248 e. The van der Waals surface area contributed by atoms with Gasteiger partial charge in [0.25, 0.3) is 0 Å². The minimum Gasteiger partial charge on any atom is -0.259 e. The molecule has 5 aromatic rings. The summed E-state index contributed by atoms with van der Waals surface area (Å²) in [6.07, 6.45) is 2.55. The van der Waals surface area contributed by atoms with Gasteiger partial charge in [0.1, 0.15) is 6.04 Å². The van der Waals surface area contributed by atoms with Crippen molar-refractivity contribution >= 4 is 45.5 Å². The van der Waals surface area contributed by atoms with E-state index in [2.05, 4.69) is 16.4 Å². The molecule has 3 aromatic heterocycles. The topological polar surface area (TPSA) is 54.3 Å². The number of hydrogen-bond acceptors (Lipinski definition) is 6. The highest BCUT2D eigenvalue weighted by Gasteiger charge is 2.33. The van der Waals surface area contributed by atoms with Gasteiger partial charge in [-0.1, -0.05) is 54.1 Å². The summed E-state index contributed by atoms with van der Waals surface area (Å²) >= 11 is 8.01. The third-order valence-electron chi connectivity index (χ3n) is 5.64. The van der Waals surface area contributed by atoms with Gasteiger partial charge >= 0.3 is 0 Å². The number of pyridine rings is 1. The van der Waals surface area contributed by atoms with E-state index in [1.807, 2.05) is 84.0 Å². The zero-order chi connectivity index (χ0) is 22.2. The lowest BCUT2D eigenvalue weighted by molar-refractivity contribution is 0.669. The van der Waals surface area contributed by atoms with Gasteiger partial charge in [-0.05, 0) is 41.8 Å². The molecule has 0 amide bonds. The number of benzene rings is 2. The number of hydrazone groups is 1. The van der Waals surface area contributed by atoms with Gasteiger partial charge in [0.05, 0.1) is 27.5 Å². The minimum atomic E-state index is -0.0864. The fourth-order valence-electron chi connectivity index (χ4n) is 4.10. The molecule has 0 radical (unpaired) electrons. The predicted molar refractivity (Wildman–Crippen MR) is 135 cm³/mol. The lowest BCUT2D eigenvalue weighted by atomic mass is 10.1. The molecule has 6 rings (SSSR count). The molecule has 33 heavy (non-hydrogen) atoms. The first kappa shape index (κ1) is 20.0. The number of halogens is 1. The van der Waals surface area contributed by atoms with Gasteiger partial charge in [0.2, 0.25) is 5.95 Å². The third kappa shape index (κ3) is 3.77. The molecule has 0 saturated carbocycles. The highest BCUT2D eigenvalue weighted by Crippen LogP contribution is 2.37. The second-order valence-electron chi connectivity index (χ2n) is 7.74. The highest BCUT2D eigenvalue weighted by atomic mass is 35.5. The van der Waals surface area contributed by atoms with E-state index in [9.17, 15) is 0 Å². The van der Waals surface area contributed by atoms with E-state index < -0.39 is 0 Å². The normalized spacial score (nSPS) is 15.7. The van der Waals surface area contributed by atoms with Crippen LogP contribution in [0.5, 0.6) is 0 Å². The molecule has 1 aliphatic heterocycles. The van der Waals surface area contributed by atoms with Crippen LogP contribution in [0.25, 0.3) is 22.2 Å². The number of hydrogen-bond donors (Lipinski definition) is 0. The summed E-state index contributed by atoms with van der Waals surface area (Å²) in [4.78, 5) is 15.7. The molecule has 160 valence electrons. The lowest BCUT2D eigenvalue weighted by Crippen LogP contribution is -2.22. The molecule has 1 unspecified atom stereocenters. The molecule has 0 saturated heterocycles. The van der Waals surface area contributed by atoms with E-state index in [1.54, 1.807) is 11.3 Å². The van der Waals surface area contributed by atoms with Crippen LogP contribution in [0.15, 0.2) is 95.5 Å². The van der Waals surface area contributed by atoms with Crippen LogP contribution < -0.4 is 5.01 Å².